The molecule has 0 saturated carbocycles. The van der Waals surface area contributed by atoms with Crippen molar-refractivity contribution in [1.82, 2.24) is 14.7 Å². The Morgan fingerprint density at radius 2 is 1.94 bits per heavy atom. The summed E-state index contributed by atoms with van der Waals surface area (Å²) >= 11 is 6.60. The highest BCUT2D eigenvalue weighted by molar-refractivity contribution is 8.26. The molecule has 3 aromatic rings. The summed E-state index contributed by atoms with van der Waals surface area (Å²) in [7, 11) is 1.70. The molecule has 32 heavy (non-hydrogen) atoms. The van der Waals surface area contributed by atoms with E-state index < -0.39 is 0 Å². The number of aryl methyl sites for hydroxylation is 1. The van der Waals surface area contributed by atoms with Crippen molar-refractivity contribution >= 4 is 40.3 Å². The van der Waals surface area contributed by atoms with Crippen molar-refractivity contribution < 1.29 is 9.53 Å². The Balaban J connectivity index is 1.77. The van der Waals surface area contributed by atoms with Crippen LogP contribution in [0.4, 0.5) is 0 Å². The summed E-state index contributed by atoms with van der Waals surface area (Å²) < 4.78 is 8.33. The highest BCUT2D eigenvalue weighted by Crippen LogP contribution is 2.35. The van der Waals surface area contributed by atoms with Gasteiger partial charge in [0.1, 0.15) is 15.8 Å². The van der Waals surface area contributed by atoms with Crippen molar-refractivity contribution in [3.05, 3.63) is 70.8 Å². The number of benzene rings is 2. The zero-order valence-corrected chi connectivity index (χ0v) is 20.2. The van der Waals surface area contributed by atoms with Crippen LogP contribution in [0.15, 0.2) is 59.6 Å². The van der Waals surface area contributed by atoms with E-state index in [9.17, 15) is 4.79 Å². The van der Waals surface area contributed by atoms with E-state index in [0.717, 1.165) is 33.8 Å². The van der Waals surface area contributed by atoms with E-state index in [0.29, 0.717) is 21.8 Å². The molecule has 1 aliphatic rings. The van der Waals surface area contributed by atoms with Crippen LogP contribution in [0.5, 0.6) is 5.75 Å². The van der Waals surface area contributed by atoms with E-state index in [4.69, 9.17) is 22.1 Å². The lowest BCUT2D eigenvalue weighted by Crippen LogP contribution is -2.22. The Labute approximate surface area is 198 Å². The molecule has 1 fully saturated rings. The van der Waals surface area contributed by atoms with Gasteiger partial charge in [-0.05, 0) is 54.8 Å². The number of thiocarbonyl (C=S) groups is 1. The number of carbonyl (C=O) groups is 1. The molecular formula is C25H25N3O2S2. The van der Waals surface area contributed by atoms with Crippen molar-refractivity contribution in [2.45, 2.75) is 20.8 Å². The molecule has 0 N–H and O–H groups in total. The maximum absolute atomic E-state index is 12.6. The second-order valence-corrected chi connectivity index (χ2v) is 9.81. The monoisotopic (exact) mass is 463 g/mol. The SMILES string of the molecule is Cc1cc(-c2nn(-c3ccccc3)cc2C=C2SC(=S)N(C)C2=O)ccc1OCC(C)C. The predicted octanol–water partition coefficient (Wildman–Crippen LogP) is 5.71. The summed E-state index contributed by atoms with van der Waals surface area (Å²) in [5, 5.41) is 4.87. The van der Waals surface area contributed by atoms with Crippen LogP contribution in [-0.2, 0) is 4.79 Å². The van der Waals surface area contributed by atoms with Gasteiger partial charge in [0, 0.05) is 24.4 Å². The highest BCUT2D eigenvalue weighted by Gasteiger charge is 2.29. The summed E-state index contributed by atoms with van der Waals surface area (Å²) in [6.45, 7) is 6.97. The fraction of sp³-hybridized carbons (Fsp3) is 0.240. The van der Waals surface area contributed by atoms with Crippen molar-refractivity contribution in [1.29, 1.82) is 0 Å². The van der Waals surface area contributed by atoms with Crippen LogP contribution in [0, 0.1) is 12.8 Å². The van der Waals surface area contributed by atoms with E-state index in [1.165, 1.54) is 16.7 Å². The van der Waals surface area contributed by atoms with E-state index in [2.05, 4.69) is 19.9 Å². The van der Waals surface area contributed by atoms with E-state index in [1.807, 2.05) is 66.3 Å². The first kappa shape index (κ1) is 22.3. The van der Waals surface area contributed by atoms with Crippen LogP contribution in [0.25, 0.3) is 23.0 Å². The van der Waals surface area contributed by atoms with Gasteiger partial charge < -0.3 is 4.74 Å². The van der Waals surface area contributed by atoms with Crippen LogP contribution < -0.4 is 4.74 Å². The first-order valence-corrected chi connectivity index (χ1v) is 11.7. The zero-order valence-electron chi connectivity index (χ0n) is 18.5. The normalized spacial score (nSPS) is 15.3. The Hall–Kier alpha value is -2.90. The topological polar surface area (TPSA) is 47.4 Å². The smallest absolute Gasteiger partial charge is 0.265 e. The minimum Gasteiger partial charge on any atom is -0.493 e. The van der Waals surface area contributed by atoms with Gasteiger partial charge in [-0.15, -0.1) is 0 Å². The quantitative estimate of drug-likeness (QED) is 0.346. The molecule has 0 spiro atoms. The standard InChI is InChI=1S/C25H25N3O2S2/c1-16(2)15-30-21-11-10-18(12-17(21)3)23-19(13-22-24(29)27(4)25(31)32-22)14-28(26-23)20-8-6-5-7-9-20/h5-14,16H,15H2,1-4H3. The van der Waals surface area contributed by atoms with Gasteiger partial charge in [-0.25, -0.2) is 4.68 Å². The summed E-state index contributed by atoms with van der Waals surface area (Å²) in [5.74, 6) is 1.24. The zero-order chi connectivity index (χ0) is 22.8. The number of carbonyl (C=O) groups excluding carboxylic acids is 1. The Bertz CT molecular complexity index is 1200. The van der Waals surface area contributed by atoms with Crippen molar-refractivity contribution in [2.24, 2.45) is 5.92 Å². The van der Waals surface area contributed by atoms with Crippen LogP contribution in [0.1, 0.15) is 25.0 Å². The summed E-state index contributed by atoms with van der Waals surface area (Å²) in [5.41, 5.74) is 4.62. The number of hydrogen-bond acceptors (Lipinski definition) is 5. The first-order chi connectivity index (χ1) is 15.3. The summed E-state index contributed by atoms with van der Waals surface area (Å²) in [6, 6.07) is 16.0. The van der Waals surface area contributed by atoms with Crippen LogP contribution in [-0.4, -0.2) is 38.6 Å². The molecule has 0 unspecified atom stereocenters. The number of ether oxygens (including phenoxy) is 1. The van der Waals surface area contributed by atoms with Gasteiger partial charge >= 0.3 is 0 Å². The number of para-hydroxylation sites is 1. The predicted molar refractivity (Wildman–Crippen MR) is 135 cm³/mol. The number of rotatable bonds is 6. The molecule has 0 radical (unpaired) electrons. The first-order valence-electron chi connectivity index (χ1n) is 10.4. The van der Waals surface area contributed by atoms with Crippen LogP contribution in [0.2, 0.25) is 0 Å². The Morgan fingerprint density at radius 3 is 2.56 bits per heavy atom. The largest absolute Gasteiger partial charge is 0.493 e. The minimum atomic E-state index is -0.0907. The molecule has 2 heterocycles. The Morgan fingerprint density at radius 1 is 1.19 bits per heavy atom. The summed E-state index contributed by atoms with van der Waals surface area (Å²) in [4.78, 5) is 14.7. The van der Waals surface area contributed by atoms with Gasteiger partial charge in [-0.3, -0.25) is 9.69 Å². The van der Waals surface area contributed by atoms with Gasteiger partial charge in [0.25, 0.3) is 5.91 Å². The number of thioether (sulfide) groups is 1. The number of hydrogen-bond donors (Lipinski definition) is 0. The van der Waals surface area contributed by atoms with Gasteiger partial charge in [0.05, 0.1) is 17.2 Å². The molecule has 5 nitrogen and oxygen atoms in total. The van der Waals surface area contributed by atoms with Crippen LogP contribution in [0.3, 0.4) is 0 Å². The Kier molecular flexibility index (Phi) is 6.48. The average Bonchev–Trinajstić information content (AvgIpc) is 3.30. The lowest BCUT2D eigenvalue weighted by atomic mass is 10.0. The third kappa shape index (κ3) is 4.64. The fourth-order valence-corrected chi connectivity index (χ4v) is 4.50. The van der Waals surface area contributed by atoms with E-state index in [1.54, 1.807) is 7.05 Å². The number of aromatic nitrogens is 2. The molecule has 164 valence electrons. The molecule has 1 amide bonds. The maximum Gasteiger partial charge on any atom is 0.265 e. The van der Waals surface area contributed by atoms with Gasteiger partial charge in [-0.2, -0.15) is 5.10 Å². The molecule has 1 aliphatic heterocycles. The highest BCUT2D eigenvalue weighted by atomic mass is 32.2. The van der Waals surface area contributed by atoms with Gasteiger partial charge in [0.15, 0.2) is 0 Å². The van der Waals surface area contributed by atoms with Crippen LogP contribution >= 0.6 is 24.0 Å². The number of amides is 1. The van der Waals surface area contributed by atoms with Gasteiger partial charge in [-0.1, -0.05) is 56.0 Å². The van der Waals surface area contributed by atoms with Gasteiger partial charge in [0.2, 0.25) is 0 Å². The molecule has 0 aliphatic carbocycles. The third-order valence-corrected chi connectivity index (χ3v) is 6.54. The van der Waals surface area contributed by atoms with E-state index >= 15 is 0 Å². The molecule has 7 heteroatoms. The number of likely N-dealkylation sites (N-methyl/N-ethyl adjacent to an activating group) is 1. The third-order valence-electron chi connectivity index (χ3n) is 5.06. The maximum atomic E-state index is 12.6. The number of nitrogens with zero attached hydrogens (tertiary/aromatic N) is 3. The van der Waals surface area contributed by atoms with Crippen molar-refractivity contribution in [3.8, 4) is 22.7 Å². The minimum absolute atomic E-state index is 0.0907. The molecule has 0 bridgehead atoms. The molecule has 1 saturated heterocycles. The van der Waals surface area contributed by atoms with Crippen molar-refractivity contribution in [3.63, 3.8) is 0 Å². The second kappa shape index (κ2) is 9.30. The van der Waals surface area contributed by atoms with Crippen molar-refractivity contribution in [2.75, 3.05) is 13.7 Å². The van der Waals surface area contributed by atoms with E-state index in [-0.39, 0.29) is 5.91 Å². The summed E-state index contributed by atoms with van der Waals surface area (Å²) in [6.07, 6.45) is 3.83. The molecule has 2 aromatic carbocycles. The molecule has 1 aromatic heterocycles. The molecule has 4 rings (SSSR count). The second-order valence-electron chi connectivity index (χ2n) is 8.14. The fourth-order valence-electron chi connectivity index (χ4n) is 3.33. The molecular weight excluding hydrogens is 438 g/mol. The molecule has 0 atom stereocenters. The average molecular weight is 464 g/mol. The lowest BCUT2D eigenvalue weighted by molar-refractivity contribution is -0.121. The lowest BCUT2D eigenvalue weighted by Gasteiger charge is -2.12.